The quantitative estimate of drug-likeness (QED) is 0.591. The van der Waals surface area contributed by atoms with Gasteiger partial charge in [0.25, 0.3) is 0 Å². The Morgan fingerprint density at radius 1 is 1.26 bits per heavy atom. The average Bonchev–Trinajstić information content (AvgIpc) is 3.20. The Kier molecular flexibility index (Phi) is 5.99. The summed E-state index contributed by atoms with van der Waals surface area (Å²) < 4.78 is 16.6. The molecule has 2 heterocycles. The van der Waals surface area contributed by atoms with Crippen LogP contribution in [0.3, 0.4) is 0 Å². The first-order chi connectivity index (χ1) is 11.2. The molecule has 2 aromatic heterocycles. The van der Waals surface area contributed by atoms with E-state index in [9.17, 15) is 9.59 Å². The highest BCUT2D eigenvalue weighted by Crippen LogP contribution is 2.23. The highest BCUT2D eigenvalue weighted by atomic mass is 16.5. The second kappa shape index (κ2) is 8.19. The number of methoxy groups -OCH3 is 2. The summed E-state index contributed by atoms with van der Waals surface area (Å²) in [5.41, 5.74) is 0.938. The minimum atomic E-state index is -0.505. The summed E-state index contributed by atoms with van der Waals surface area (Å²) in [6, 6.07) is 6.85. The molecule has 0 bridgehead atoms. The molecule has 0 atom stereocenters. The molecule has 0 aliphatic rings. The van der Waals surface area contributed by atoms with Crippen molar-refractivity contribution in [1.29, 1.82) is 0 Å². The number of furan rings is 1. The fourth-order valence-electron chi connectivity index (χ4n) is 2.20. The third-order valence-corrected chi connectivity index (χ3v) is 3.30. The van der Waals surface area contributed by atoms with E-state index in [0.29, 0.717) is 30.3 Å². The Morgan fingerprint density at radius 2 is 2.09 bits per heavy atom. The number of ether oxygens (including phenoxy) is 2. The van der Waals surface area contributed by atoms with Gasteiger partial charge in [0.2, 0.25) is 5.91 Å². The molecule has 23 heavy (non-hydrogen) atoms. The van der Waals surface area contributed by atoms with E-state index in [1.54, 1.807) is 35.9 Å². The molecule has 0 spiro atoms. The third-order valence-electron chi connectivity index (χ3n) is 3.30. The van der Waals surface area contributed by atoms with Gasteiger partial charge in [-0.1, -0.05) is 0 Å². The van der Waals surface area contributed by atoms with Gasteiger partial charge < -0.3 is 23.8 Å². The topological polar surface area (TPSA) is 82.7 Å². The van der Waals surface area contributed by atoms with Gasteiger partial charge >= 0.3 is 5.97 Å². The molecule has 124 valence electrons. The molecule has 7 nitrogen and oxygen atoms in total. The minimum Gasteiger partial charge on any atom is -0.464 e. The summed E-state index contributed by atoms with van der Waals surface area (Å²) in [4.78, 5) is 24.0. The van der Waals surface area contributed by atoms with Gasteiger partial charge in [0.15, 0.2) is 0 Å². The lowest BCUT2D eigenvalue weighted by atomic mass is 10.3. The average molecular weight is 320 g/mol. The molecule has 0 saturated heterocycles. The monoisotopic (exact) mass is 320 g/mol. The van der Waals surface area contributed by atoms with Crippen LogP contribution in [0.2, 0.25) is 0 Å². The first-order valence-electron chi connectivity index (χ1n) is 7.24. The lowest BCUT2D eigenvalue weighted by Gasteiger charge is -2.11. The molecule has 0 aliphatic heterocycles. The molecule has 1 amide bonds. The fourth-order valence-corrected chi connectivity index (χ4v) is 2.20. The highest BCUT2D eigenvalue weighted by molar-refractivity contribution is 5.90. The van der Waals surface area contributed by atoms with Gasteiger partial charge in [0.05, 0.1) is 19.1 Å². The smallest absolute Gasteiger partial charge is 0.354 e. The summed E-state index contributed by atoms with van der Waals surface area (Å²) >= 11 is 0. The second-order valence-corrected chi connectivity index (χ2v) is 4.86. The molecule has 1 N–H and O–H groups in total. The van der Waals surface area contributed by atoms with Gasteiger partial charge in [-0.2, -0.15) is 0 Å². The Balaban J connectivity index is 2.16. The van der Waals surface area contributed by atoms with Crippen molar-refractivity contribution in [1.82, 2.24) is 9.88 Å². The van der Waals surface area contributed by atoms with Gasteiger partial charge in [0, 0.05) is 20.3 Å². The molecule has 0 aromatic carbocycles. The van der Waals surface area contributed by atoms with E-state index >= 15 is 0 Å². The predicted octanol–water partition coefficient (Wildman–Crippen LogP) is 1.69. The van der Waals surface area contributed by atoms with Crippen LogP contribution in [0.5, 0.6) is 0 Å². The van der Waals surface area contributed by atoms with Crippen molar-refractivity contribution in [2.45, 2.75) is 13.0 Å². The van der Waals surface area contributed by atoms with Crippen LogP contribution >= 0.6 is 0 Å². The van der Waals surface area contributed by atoms with Crippen LogP contribution in [0.15, 0.2) is 34.9 Å². The summed E-state index contributed by atoms with van der Waals surface area (Å²) in [7, 11) is 2.91. The maximum absolute atomic E-state index is 12.1. The van der Waals surface area contributed by atoms with Crippen LogP contribution in [-0.4, -0.2) is 43.8 Å². The first kappa shape index (κ1) is 16.8. The van der Waals surface area contributed by atoms with E-state index in [-0.39, 0.29) is 12.5 Å². The summed E-state index contributed by atoms with van der Waals surface area (Å²) in [5.74, 6) is -0.127. The first-order valence-corrected chi connectivity index (χ1v) is 7.24. The number of nitrogens with zero attached hydrogens (tertiary/aromatic N) is 1. The number of carbonyl (C=O) groups is 2. The maximum atomic E-state index is 12.1. The molecule has 2 aromatic rings. The Morgan fingerprint density at radius 3 is 2.74 bits per heavy atom. The zero-order valence-corrected chi connectivity index (χ0v) is 13.2. The highest BCUT2D eigenvalue weighted by Gasteiger charge is 2.19. The van der Waals surface area contributed by atoms with Crippen LogP contribution in [-0.2, 0) is 20.8 Å². The van der Waals surface area contributed by atoms with Gasteiger partial charge in [-0.15, -0.1) is 0 Å². The van der Waals surface area contributed by atoms with E-state index in [1.165, 1.54) is 13.4 Å². The summed E-state index contributed by atoms with van der Waals surface area (Å²) in [6.45, 7) is 1.09. The van der Waals surface area contributed by atoms with Crippen molar-refractivity contribution in [3.05, 3.63) is 36.2 Å². The number of amides is 1. The second-order valence-electron chi connectivity index (χ2n) is 4.86. The van der Waals surface area contributed by atoms with Gasteiger partial charge in [0.1, 0.15) is 18.0 Å². The molecular formula is C16H20N2O5. The van der Waals surface area contributed by atoms with E-state index < -0.39 is 5.97 Å². The van der Waals surface area contributed by atoms with Crippen LogP contribution in [0, 0.1) is 0 Å². The van der Waals surface area contributed by atoms with E-state index in [0.717, 1.165) is 6.42 Å². The van der Waals surface area contributed by atoms with E-state index in [4.69, 9.17) is 13.9 Å². The number of rotatable bonds is 8. The lowest BCUT2D eigenvalue weighted by Crippen LogP contribution is -2.30. The maximum Gasteiger partial charge on any atom is 0.354 e. The molecule has 0 saturated carbocycles. The number of hydrogen-bond donors (Lipinski definition) is 1. The van der Waals surface area contributed by atoms with Gasteiger partial charge in [-0.3, -0.25) is 4.79 Å². The molecular weight excluding hydrogens is 300 g/mol. The number of aromatic nitrogens is 1. The Bertz CT molecular complexity index is 645. The number of carbonyl (C=O) groups excluding carboxylic acids is 2. The van der Waals surface area contributed by atoms with Gasteiger partial charge in [-0.05, 0) is 30.7 Å². The SMILES string of the molecule is COCCCNC(=O)Cn1c(C(=O)OC)ccc1-c1ccco1. The number of esters is 1. The Hall–Kier alpha value is -2.54. The summed E-state index contributed by atoms with van der Waals surface area (Å²) in [5, 5.41) is 2.79. The lowest BCUT2D eigenvalue weighted by molar-refractivity contribution is -0.121. The third kappa shape index (κ3) is 4.23. The van der Waals surface area contributed by atoms with Crippen LogP contribution in [0.25, 0.3) is 11.5 Å². The Labute approximate surface area is 134 Å². The molecule has 7 heteroatoms. The van der Waals surface area contributed by atoms with Gasteiger partial charge in [-0.25, -0.2) is 4.79 Å². The predicted molar refractivity (Wildman–Crippen MR) is 83.0 cm³/mol. The van der Waals surface area contributed by atoms with Crippen molar-refractivity contribution < 1.29 is 23.5 Å². The fraction of sp³-hybridized carbons (Fsp3) is 0.375. The van der Waals surface area contributed by atoms with E-state index in [1.807, 2.05) is 0 Å². The van der Waals surface area contributed by atoms with Crippen molar-refractivity contribution >= 4 is 11.9 Å². The number of hydrogen-bond acceptors (Lipinski definition) is 5. The van der Waals surface area contributed by atoms with Crippen LogP contribution < -0.4 is 5.32 Å². The zero-order chi connectivity index (χ0) is 16.7. The molecule has 0 unspecified atom stereocenters. The van der Waals surface area contributed by atoms with E-state index in [2.05, 4.69) is 5.32 Å². The zero-order valence-electron chi connectivity index (χ0n) is 13.2. The normalized spacial score (nSPS) is 10.5. The van der Waals surface area contributed by atoms with Crippen molar-refractivity contribution in [2.75, 3.05) is 27.4 Å². The summed E-state index contributed by atoms with van der Waals surface area (Å²) in [6.07, 6.45) is 2.26. The largest absolute Gasteiger partial charge is 0.464 e. The number of nitrogens with one attached hydrogen (secondary N) is 1. The molecule has 0 radical (unpaired) electrons. The molecule has 2 rings (SSSR count). The standard InChI is InChI=1S/C16H20N2O5/c1-21-9-4-8-17-15(19)11-18-12(14-5-3-10-23-14)6-7-13(18)16(20)22-2/h3,5-7,10H,4,8-9,11H2,1-2H3,(H,17,19). The van der Waals surface area contributed by atoms with Crippen molar-refractivity contribution in [2.24, 2.45) is 0 Å². The minimum absolute atomic E-state index is 0.000445. The van der Waals surface area contributed by atoms with Crippen molar-refractivity contribution in [3.63, 3.8) is 0 Å². The molecule has 0 fully saturated rings. The van der Waals surface area contributed by atoms with Crippen LogP contribution in [0.4, 0.5) is 0 Å². The van der Waals surface area contributed by atoms with Crippen molar-refractivity contribution in [3.8, 4) is 11.5 Å². The molecule has 0 aliphatic carbocycles. The van der Waals surface area contributed by atoms with Crippen LogP contribution in [0.1, 0.15) is 16.9 Å².